The van der Waals surface area contributed by atoms with E-state index in [9.17, 15) is 0 Å². The Kier molecular flexibility index (Phi) is 6.40. The zero-order chi connectivity index (χ0) is 23.3. The molecule has 1 N–H and O–H groups in total. The highest BCUT2D eigenvalue weighted by atomic mass is 16.5. The number of rotatable bonds is 7. The summed E-state index contributed by atoms with van der Waals surface area (Å²) in [7, 11) is 1.64. The van der Waals surface area contributed by atoms with Crippen LogP contribution in [0.3, 0.4) is 0 Å². The molecule has 0 spiro atoms. The van der Waals surface area contributed by atoms with Gasteiger partial charge in [0.25, 0.3) is 0 Å². The fraction of sp³-hybridized carbons (Fsp3) is 0.269. The van der Waals surface area contributed by atoms with Crippen LogP contribution in [0, 0.1) is 6.92 Å². The van der Waals surface area contributed by atoms with Crippen LogP contribution in [-0.4, -0.2) is 41.4 Å². The fourth-order valence-electron chi connectivity index (χ4n) is 3.90. The lowest BCUT2D eigenvalue weighted by Gasteiger charge is -2.24. The Balaban J connectivity index is 1.41. The lowest BCUT2D eigenvalue weighted by atomic mass is 10.1. The van der Waals surface area contributed by atoms with Crippen molar-refractivity contribution < 1.29 is 18.9 Å². The van der Waals surface area contributed by atoms with Gasteiger partial charge in [-0.25, -0.2) is 9.97 Å². The summed E-state index contributed by atoms with van der Waals surface area (Å²) in [5.74, 6) is 3.47. The molecule has 5 rings (SSSR count). The van der Waals surface area contributed by atoms with Crippen LogP contribution >= 0.6 is 0 Å². The molecule has 0 unspecified atom stereocenters. The van der Waals surface area contributed by atoms with Crippen LogP contribution in [0.25, 0.3) is 10.9 Å². The van der Waals surface area contributed by atoms with Crippen molar-refractivity contribution in [3.63, 3.8) is 0 Å². The van der Waals surface area contributed by atoms with Crippen LogP contribution in [0.4, 0.5) is 11.5 Å². The second kappa shape index (κ2) is 9.93. The number of nitrogens with zero attached hydrogens (tertiary/aromatic N) is 3. The predicted molar refractivity (Wildman–Crippen MR) is 129 cm³/mol. The second-order valence-corrected chi connectivity index (χ2v) is 8.07. The van der Waals surface area contributed by atoms with Gasteiger partial charge in [0, 0.05) is 36.2 Å². The minimum absolute atomic E-state index is 0.0937. The van der Waals surface area contributed by atoms with Crippen molar-refractivity contribution in [2.24, 2.45) is 0 Å². The average molecular weight is 459 g/mol. The van der Waals surface area contributed by atoms with Crippen molar-refractivity contribution >= 4 is 22.4 Å². The van der Waals surface area contributed by atoms with E-state index in [2.05, 4.69) is 20.3 Å². The first-order chi connectivity index (χ1) is 16.7. The average Bonchev–Trinajstić information content (AvgIpc) is 2.87. The largest absolute Gasteiger partial charge is 0.493 e. The topological polar surface area (TPSA) is 87.6 Å². The van der Waals surface area contributed by atoms with Crippen molar-refractivity contribution in [1.29, 1.82) is 0 Å². The Morgan fingerprint density at radius 1 is 1.00 bits per heavy atom. The maximum Gasteiger partial charge on any atom is 0.162 e. The van der Waals surface area contributed by atoms with Gasteiger partial charge in [0.1, 0.15) is 29.7 Å². The standard InChI is InChI=1S/C26H26N4O4/c1-17-12-18(5-6-23(17)34-20-4-3-9-27-15-20)30-26-21-13-25(33-19-7-10-32-11-8-19)24(31-2)14-22(21)28-16-29-26/h3-6,9,12-16,19H,7-8,10-11H2,1-2H3,(H,28,29,30). The third-order valence-corrected chi connectivity index (χ3v) is 5.68. The van der Waals surface area contributed by atoms with Gasteiger partial charge in [0.05, 0.1) is 32.0 Å². The molecule has 0 bridgehead atoms. The molecule has 2 aromatic heterocycles. The number of fused-ring (bicyclic) bond motifs is 1. The highest BCUT2D eigenvalue weighted by Gasteiger charge is 2.19. The summed E-state index contributed by atoms with van der Waals surface area (Å²) in [5.41, 5.74) is 2.64. The van der Waals surface area contributed by atoms with Gasteiger partial charge in [0.2, 0.25) is 0 Å². The molecule has 1 saturated heterocycles. The monoisotopic (exact) mass is 458 g/mol. The summed E-state index contributed by atoms with van der Waals surface area (Å²) in [6.45, 7) is 3.41. The normalized spacial score (nSPS) is 14.1. The van der Waals surface area contributed by atoms with Crippen LogP contribution in [-0.2, 0) is 4.74 Å². The van der Waals surface area contributed by atoms with Gasteiger partial charge >= 0.3 is 0 Å². The van der Waals surface area contributed by atoms with Gasteiger partial charge in [-0.1, -0.05) is 0 Å². The van der Waals surface area contributed by atoms with Gasteiger partial charge < -0.3 is 24.3 Å². The van der Waals surface area contributed by atoms with Crippen LogP contribution in [0.15, 0.2) is 61.2 Å². The molecule has 2 aromatic carbocycles. The van der Waals surface area contributed by atoms with Crippen molar-refractivity contribution in [1.82, 2.24) is 15.0 Å². The van der Waals surface area contributed by atoms with Crippen molar-refractivity contribution in [2.45, 2.75) is 25.9 Å². The van der Waals surface area contributed by atoms with E-state index >= 15 is 0 Å². The molecule has 8 nitrogen and oxygen atoms in total. The number of hydrogen-bond donors (Lipinski definition) is 1. The number of benzene rings is 2. The first-order valence-electron chi connectivity index (χ1n) is 11.2. The lowest BCUT2D eigenvalue weighted by Crippen LogP contribution is -2.26. The van der Waals surface area contributed by atoms with E-state index < -0.39 is 0 Å². The summed E-state index contributed by atoms with van der Waals surface area (Å²) < 4.78 is 23.2. The molecule has 0 amide bonds. The van der Waals surface area contributed by atoms with E-state index in [4.69, 9.17) is 18.9 Å². The molecule has 8 heteroatoms. The molecule has 1 aliphatic heterocycles. The van der Waals surface area contributed by atoms with E-state index in [1.807, 2.05) is 49.4 Å². The molecule has 3 heterocycles. The predicted octanol–water partition coefficient (Wildman–Crippen LogP) is 5.44. The molecule has 1 aliphatic rings. The molecular formula is C26H26N4O4. The first-order valence-corrected chi connectivity index (χ1v) is 11.2. The van der Waals surface area contributed by atoms with Crippen LogP contribution in [0.5, 0.6) is 23.0 Å². The van der Waals surface area contributed by atoms with Crippen LogP contribution < -0.4 is 19.5 Å². The molecule has 0 atom stereocenters. The summed E-state index contributed by atoms with van der Waals surface area (Å²) in [6, 6.07) is 13.4. The minimum atomic E-state index is 0.0937. The minimum Gasteiger partial charge on any atom is -0.493 e. The van der Waals surface area contributed by atoms with Gasteiger partial charge in [-0.2, -0.15) is 0 Å². The zero-order valence-electron chi connectivity index (χ0n) is 19.2. The molecule has 0 saturated carbocycles. The number of hydrogen-bond acceptors (Lipinski definition) is 8. The summed E-state index contributed by atoms with van der Waals surface area (Å²) >= 11 is 0. The molecule has 4 aromatic rings. The van der Waals surface area contributed by atoms with E-state index in [0.29, 0.717) is 36.3 Å². The van der Waals surface area contributed by atoms with E-state index in [1.54, 1.807) is 19.5 Å². The van der Waals surface area contributed by atoms with Crippen LogP contribution in [0.2, 0.25) is 0 Å². The highest BCUT2D eigenvalue weighted by molar-refractivity contribution is 5.93. The van der Waals surface area contributed by atoms with E-state index in [0.717, 1.165) is 40.7 Å². The third kappa shape index (κ3) is 4.87. The van der Waals surface area contributed by atoms with Gasteiger partial charge in [0.15, 0.2) is 11.5 Å². The fourth-order valence-corrected chi connectivity index (χ4v) is 3.90. The highest BCUT2D eigenvalue weighted by Crippen LogP contribution is 2.36. The van der Waals surface area contributed by atoms with Crippen molar-refractivity contribution in [3.8, 4) is 23.0 Å². The third-order valence-electron chi connectivity index (χ3n) is 5.68. The Morgan fingerprint density at radius 3 is 2.65 bits per heavy atom. The number of anilines is 2. The number of ether oxygens (including phenoxy) is 4. The Morgan fingerprint density at radius 2 is 1.88 bits per heavy atom. The molecular weight excluding hydrogens is 432 g/mol. The maximum atomic E-state index is 6.27. The Hall–Kier alpha value is -3.91. The maximum absolute atomic E-state index is 6.27. The van der Waals surface area contributed by atoms with E-state index in [-0.39, 0.29) is 6.10 Å². The van der Waals surface area contributed by atoms with Gasteiger partial charge in [-0.15, -0.1) is 0 Å². The van der Waals surface area contributed by atoms with Crippen LogP contribution in [0.1, 0.15) is 18.4 Å². The molecule has 0 aliphatic carbocycles. The second-order valence-electron chi connectivity index (χ2n) is 8.07. The molecule has 174 valence electrons. The Labute approximate surface area is 197 Å². The van der Waals surface area contributed by atoms with E-state index in [1.165, 1.54) is 6.33 Å². The summed E-state index contributed by atoms with van der Waals surface area (Å²) in [5, 5.41) is 4.26. The quantitative estimate of drug-likeness (QED) is 0.392. The number of methoxy groups -OCH3 is 1. The smallest absolute Gasteiger partial charge is 0.162 e. The lowest BCUT2D eigenvalue weighted by molar-refractivity contribution is 0.0246. The number of pyridine rings is 1. The molecule has 0 radical (unpaired) electrons. The number of nitrogens with one attached hydrogen (secondary N) is 1. The summed E-state index contributed by atoms with van der Waals surface area (Å²) in [6.07, 6.45) is 6.74. The number of aryl methyl sites for hydroxylation is 1. The van der Waals surface area contributed by atoms with Gasteiger partial charge in [-0.3, -0.25) is 4.98 Å². The first kappa shape index (κ1) is 21.9. The van der Waals surface area contributed by atoms with Crippen molar-refractivity contribution in [2.75, 3.05) is 25.6 Å². The van der Waals surface area contributed by atoms with Gasteiger partial charge in [-0.05, 0) is 48.9 Å². The number of aromatic nitrogens is 3. The zero-order valence-corrected chi connectivity index (χ0v) is 19.2. The molecule has 1 fully saturated rings. The van der Waals surface area contributed by atoms with Crippen molar-refractivity contribution in [3.05, 3.63) is 66.7 Å². The SMILES string of the molecule is COc1cc2ncnc(Nc3ccc(Oc4cccnc4)c(C)c3)c2cc1OC1CCOCC1. The molecule has 34 heavy (non-hydrogen) atoms. The Bertz CT molecular complexity index is 1280. The summed E-state index contributed by atoms with van der Waals surface area (Å²) in [4.78, 5) is 13.0.